The number of nitriles is 1. The Morgan fingerprint density at radius 1 is 1.13 bits per heavy atom. The van der Waals surface area contributed by atoms with Crippen LogP contribution >= 0.6 is 0 Å². The van der Waals surface area contributed by atoms with E-state index in [2.05, 4.69) is 10.6 Å². The molecule has 0 atom stereocenters. The number of hydrogen-bond donors (Lipinski definition) is 2. The number of para-hydroxylation sites is 1. The maximum Gasteiger partial charge on any atom is 0.418 e. The quantitative estimate of drug-likeness (QED) is 0.385. The van der Waals surface area contributed by atoms with E-state index >= 15 is 0 Å². The number of alkyl halides is 3. The van der Waals surface area contributed by atoms with Crippen LogP contribution in [0.25, 0.3) is 0 Å². The second-order valence-corrected chi connectivity index (χ2v) is 6.06. The van der Waals surface area contributed by atoms with Crippen LogP contribution in [0.1, 0.15) is 11.1 Å². The second-order valence-electron chi connectivity index (χ2n) is 6.06. The van der Waals surface area contributed by atoms with Gasteiger partial charge < -0.3 is 20.1 Å². The third-order valence-corrected chi connectivity index (χ3v) is 4.10. The summed E-state index contributed by atoms with van der Waals surface area (Å²) in [6.45, 7) is 0.382. The first kappa shape index (κ1) is 22.6. The number of halogens is 3. The Labute approximate surface area is 171 Å². The number of amides is 1. The number of anilines is 1. The molecule has 0 unspecified atom stereocenters. The van der Waals surface area contributed by atoms with Crippen molar-refractivity contribution >= 4 is 11.6 Å². The van der Waals surface area contributed by atoms with Crippen molar-refractivity contribution < 1.29 is 27.4 Å². The van der Waals surface area contributed by atoms with Crippen molar-refractivity contribution in [2.24, 2.45) is 0 Å². The Hall–Kier alpha value is -3.67. The van der Waals surface area contributed by atoms with E-state index < -0.39 is 23.3 Å². The average Bonchev–Trinajstić information content (AvgIpc) is 2.73. The molecule has 0 spiro atoms. The van der Waals surface area contributed by atoms with Crippen molar-refractivity contribution in [2.45, 2.75) is 12.6 Å². The van der Waals surface area contributed by atoms with Gasteiger partial charge >= 0.3 is 6.18 Å². The molecule has 0 saturated heterocycles. The van der Waals surface area contributed by atoms with Gasteiger partial charge in [-0.3, -0.25) is 4.79 Å². The molecular formula is C21H20F3N3O3. The Kier molecular flexibility index (Phi) is 7.69. The van der Waals surface area contributed by atoms with Gasteiger partial charge in [-0.05, 0) is 36.2 Å². The van der Waals surface area contributed by atoms with Crippen molar-refractivity contribution in [2.75, 3.05) is 26.1 Å². The zero-order chi connectivity index (χ0) is 22.1. The number of nitrogens with zero attached hydrogens (tertiary/aromatic N) is 1. The summed E-state index contributed by atoms with van der Waals surface area (Å²) in [5.41, 5.74) is -0.826. The molecule has 2 aromatic carbocycles. The third kappa shape index (κ3) is 5.91. The molecule has 1 amide bonds. The summed E-state index contributed by atoms with van der Waals surface area (Å²) in [6.07, 6.45) is -2.90. The van der Waals surface area contributed by atoms with E-state index in [1.807, 2.05) is 6.07 Å². The van der Waals surface area contributed by atoms with E-state index in [1.165, 1.54) is 32.6 Å². The molecule has 0 aliphatic carbocycles. The van der Waals surface area contributed by atoms with Crippen LogP contribution in [-0.4, -0.2) is 26.7 Å². The summed E-state index contributed by atoms with van der Waals surface area (Å²) < 4.78 is 49.5. The molecule has 30 heavy (non-hydrogen) atoms. The highest BCUT2D eigenvalue weighted by molar-refractivity contribution is 6.06. The van der Waals surface area contributed by atoms with Crippen LogP contribution in [-0.2, 0) is 17.4 Å². The molecule has 0 bridgehead atoms. The number of hydrogen-bond acceptors (Lipinski definition) is 5. The van der Waals surface area contributed by atoms with Crippen molar-refractivity contribution in [1.82, 2.24) is 5.32 Å². The maximum atomic E-state index is 13.0. The van der Waals surface area contributed by atoms with Crippen LogP contribution in [0.4, 0.5) is 18.9 Å². The van der Waals surface area contributed by atoms with Crippen molar-refractivity contribution in [3.05, 3.63) is 65.4 Å². The lowest BCUT2D eigenvalue weighted by molar-refractivity contribution is -0.137. The van der Waals surface area contributed by atoms with E-state index in [1.54, 1.807) is 18.2 Å². The molecule has 0 aliphatic rings. The molecular weight excluding hydrogens is 399 g/mol. The highest BCUT2D eigenvalue weighted by Gasteiger charge is 2.33. The molecule has 2 N–H and O–H groups in total. The van der Waals surface area contributed by atoms with Gasteiger partial charge in [0.25, 0.3) is 5.91 Å². The molecule has 0 aliphatic heterocycles. The summed E-state index contributed by atoms with van der Waals surface area (Å²) in [5.74, 6) is 0.232. The van der Waals surface area contributed by atoms with Gasteiger partial charge in [0.05, 0.1) is 25.5 Å². The lowest BCUT2D eigenvalue weighted by Crippen LogP contribution is -2.20. The van der Waals surface area contributed by atoms with Crippen molar-refractivity contribution in [3.63, 3.8) is 0 Å². The van der Waals surface area contributed by atoms with Gasteiger partial charge in [0, 0.05) is 12.7 Å². The zero-order valence-electron chi connectivity index (χ0n) is 16.3. The standard InChI is InChI=1S/C21H20F3N3O3/c1-29-18-8-7-14(11-19(18)30-2)9-10-26-13-15(12-25)20(28)27-17-6-4-3-5-16(17)21(22,23)24/h3-8,11,13,26H,9-10H2,1-2H3,(H,27,28)/b15-13-. The van der Waals surface area contributed by atoms with Crippen LogP contribution in [0.3, 0.4) is 0 Å². The molecule has 2 aromatic rings. The molecule has 0 saturated carbocycles. The predicted molar refractivity (Wildman–Crippen MR) is 105 cm³/mol. The van der Waals surface area contributed by atoms with E-state index in [4.69, 9.17) is 9.47 Å². The van der Waals surface area contributed by atoms with Crippen LogP contribution in [0.5, 0.6) is 11.5 Å². The fraction of sp³-hybridized carbons (Fsp3) is 0.238. The van der Waals surface area contributed by atoms with E-state index in [9.17, 15) is 23.2 Å². The molecule has 6 nitrogen and oxygen atoms in total. The minimum absolute atomic E-state index is 0.348. The fourth-order valence-corrected chi connectivity index (χ4v) is 2.60. The summed E-state index contributed by atoms with van der Waals surface area (Å²) in [4.78, 5) is 12.2. The largest absolute Gasteiger partial charge is 0.493 e. The van der Waals surface area contributed by atoms with Gasteiger partial charge in [-0.2, -0.15) is 18.4 Å². The Morgan fingerprint density at radius 3 is 2.47 bits per heavy atom. The summed E-state index contributed by atoms with van der Waals surface area (Å²) in [5, 5.41) is 14.1. The summed E-state index contributed by atoms with van der Waals surface area (Å²) in [7, 11) is 3.06. The van der Waals surface area contributed by atoms with Crippen LogP contribution in [0.15, 0.2) is 54.2 Å². The van der Waals surface area contributed by atoms with Crippen LogP contribution < -0.4 is 20.1 Å². The van der Waals surface area contributed by atoms with Gasteiger partial charge in [-0.15, -0.1) is 0 Å². The average molecular weight is 419 g/mol. The number of nitrogens with one attached hydrogen (secondary N) is 2. The van der Waals surface area contributed by atoms with Crippen LogP contribution in [0, 0.1) is 11.3 Å². The minimum atomic E-state index is -4.63. The van der Waals surface area contributed by atoms with Gasteiger partial charge in [-0.25, -0.2) is 0 Å². The van der Waals surface area contributed by atoms with E-state index in [-0.39, 0.29) is 5.57 Å². The molecule has 158 valence electrons. The minimum Gasteiger partial charge on any atom is -0.493 e. The molecule has 0 aromatic heterocycles. The maximum absolute atomic E-state index is 13.0. The third-order valence-electron chi connectivity index (χ3n) is 4.10. The normalized spacial score (nSPS) is 11.4. The second kappa shape index (κ2) is 10.2. The number of rotatable bonds is 8. The van der Waals surface area contributed by atoms with Crippen molar-refractivity contribution in [3.8, 4) is 17.6 Å². The Balaban J connectivity index is 2.00. The first-order chi connectivity index (χ1) is 14.3. The number of benzene rings is 2. The summed E-state index contributed by atoms with van der Waals surface area (Å²) >= 11 is 0. The first-order valence-electron chi connectivity index (χ1n) is 8.82. The molecule has 0 fully saturated rings. The van der Waals surface area contributed by atoms with Crippen LogP contribution in [0.2, 0.25) is 0 Å². The van der Waals surface area contributed by atoms with Gasteiger partial charge in [0.1, 0.15) is 11.6 Å². The SMILES string of the molecule is COc1ccc(CCN/C=C(/C#N)C(=O)Nc2ccccc2C(F)(F)F)cc1OC. The molecule has 0 radical (unpaired) electrons. The van der Waals surface area contributed by atoms with E-state index in [0.29, 0.717) is 24.5 Å². The highest BCUT2D eigenvalue weighted by atomic mass is 19.4. The fourth-order valence-electron chi connectivity index (χ4n) is 2.60. The van der Waals surface area contributed by atoms with Gasteiger partial charge in [0.2, 0.25) is 0 Å². The Morgan fingerprint density at radius 2 is 1.83 bits per heavy atom. The monoisotopic (exact) mass is 419 g/mol. The summed E-state index contributed by atoms with van der Waals surface area (Å²) in [6, 6.07) is 11.6. The number of ether oxygens (including phenoxy) is 2. The zero-order valence-corrected chi connectivity index (χ0v) is 16.3. The number of carbonyl (C=O) groups is 1. The molecule has 9 heteroatoms. The predicted octanol–water partition coefficient (Wildman–Crippen LogP) is 3.90. The van der Waals surface area contributed by atoms with Gasteiger partial charge in [0.15, 0.2) is 11.5 Å². The smallest absolute Gasteiger partial charge is 0.418 e. The number of methoxy groups -OCH3 is 2. The molecule has 0 heterocycles. The van der Waals surface area contributed by atoms with Crippen molar-refractivity contribution in [1.29, 1.82) is 5.26 Å². The Bertz CT molecular complexity index is 966. The topological polar surface area (TPSA) is 83.4 Å². The number of carbonyl (C=O) groups excluding carboxylic acids is 1. The highest BCUT2D eigenvalue weighted by Crippen LogP contribution is 2.34. The molecule has 2 rings (SSSR count). The first-order valence-corrected chi connectivity index (χ1v) is 8.82. The lowest BCUT2D eigenvalue weighted by atomic mass is 10.1. The van der Waals surface area contributed by atoms with Gasteiger partial charge in [-0.1, -0.05) is 18.2 Å². The van der Waals surface area contributed by atoms with E-state index in [0.717, 1.165) is 17.7 Å². The lowest BCUT2D eigenvalue weighted by Gasteiger charge is -2.13.